The van der Waals surface area contributed by atoms with E-state index in [9.17, 15) is 5.21 Å². The molecular formula is C9H14ClN2O2+. The first-order chi connectivity index (χ1) is 6.66. The maximum Gasteiger partial charge on any atom is 0.330 e. The molecule has 0 aliphatic rings. The highest BCUT2D eigenvalue weighted by molar-refractivity contribution is 6.29. The Hall–Kier alpha value is -0.840. The zero-order valence-electron chi connectivity index (χ0n) is 8.03. The standard InChI is InChI=1S/C9H14ClN2O2/c1-7-2-3-8(6-14-5-4-11)9(10)12(7)13/h2-3,13H,4-6,11H2,1H3/q+1. The lowest BCUT2D eigenvalue weighted by Gasteiger charge is -2.02. The predicted octanol–water partition coefficient (Wildman–Crippen LogP) is 0.649. The lowest BCUT2D eigenvalue weighted by atomic mass is 10.2. The van der Waals surface area contributed by atoms with E-state index in [1.165, 1.54) is 0 Å². The summed E-state index contributed by atoms with van der Waals surface area (Å²) >= 11 is 5.88. The zero-order valence-corrected chi connectivity index (χ0v) is 8.79. The Morgan fingerprint density at radius 1 is 1.57 bits per heavy atom. The molecule has 3 N–H and O–H groups in total. The summed E-state index contributed by atoms with van der Waals surface area (Å²) in [7, 11) is 0. The van der Waals surface area contributed by atoms with Crippen LogP contribution >= 0.6 is 11.6 Å². The largest absolute Gasteiger partial charge is 0.375 e. The van der Waals surface area contributed by atoms with E-state index < -0.39 is 0 Å². The summed E-state index contributed by atoms with van der Waals surface area (Å²) in [6.07, 6.45) is 0. The second-order valence-electron chi connectivity index (χ2n) is 2.94. The van der Waals surface area contributed by atoms with Crippen molar-refractivity contribution in [2.24, 2.45) is 5.73 Å². The molecule has 0 unspecified atom stereocenters. The minimum absolute atomic E-state index is 0.280. The summed E-state index contributed by atoms with van der Waals surface area (Å²) < 4.78 is 6.14. The number of ether oxygens (including phenoxy) is 1. The first-order valence-corrected chi connectivity index (χ1v) is 4.71. The van der Waals surface area contributed by atoms with Crippen LogP contribution in [-0.2, 0) is 11.3 Å². The van der Waals surface area contributed by atoms with Gasteiger partial charge in [-0.3, -0.25) is 5.21 Å². The summed E-state index contributed by atoms with van der Waals surface area (Å²) in [4.78, 5) is 0. The number of pyridine rings is 1. The highest BCUT2D eigenvalue weighted by Crippen LogP contribution is 2.12. The van der Waals surface area contributed by atoms with E-state index >= 15 is 0 Å². The van der Waals surface area contributed by atoms with Gasteiger partial charge in [0.25, 0.3) is 0 Å². The molecule has 1 aromatic heterocycles. The molecule has 5 heteroatoms. The van der Waals surface area contributed by atoms with Crippen molar-refractivity contribution in [1.82, 2.24) is 0 Å². The SMILES string of the molecule is Cc1ccc(COCCN)c(Cl)[n+]1O. The van der Waals surface area contributed by atoms with Crippen LogP contribution in [-0.4, -0.2) is 18.4 Å². The molecule has 78 valence electrons. The molecule has 1 aromatic rings. The topological polar surface area (TPSA) is 59.4 Å². The van der Waals surface area contributed by atoms with Gasteiger partial charge in [0, 0.05) is 24.3 Å². The third-order valence-corrected chi connectivity index (χ3v) is 2.23. The van der Waals surface area contributed by atoms with E-state index in [0.717, 1.165) is 10.3 Å². The Labute approximate surface area is 87.8 Å². The van der Waals surface area contributed by atoms with Crippen LogP contribution in [0, 0.1) is 6.92 Å². The zero-order chi connectivity index (χ0) is 10.6. The summed E-state index contributed by atoms with van der Waals surface area (Å²) in [5.74, 6) is 0. The van der Waals surface area contributed by atoms with Gasteiger partial charge in [0.2, 0.25) is 5.69 Å². The normalized spacial score (nSPS) is 10.5. The molecule has 0 atom stereocenters. The average molecular weight is 218 g/mol. The van der Waals surface area contributed by atoms with Crippen molar-refractivity contribution in [3.05, 3.63) is 28.5 Å². The number of nitrogens with two attached hydrogens (primary N) is 1. The molecule has 1 rings (SSSR count). The maximum atomic E-state index is 9.45. The molecule has 0 saturated heterocycles. The molecule has 0 spiro atoms. The third-order valence-electron chi connectivity index (χ3n) is 1.83. The minimum Gasteiger partial charge on any atom is -0.375 e. The monoisotopic (exact) mass is 217 g/mol. The molecule has 0 bridgehead atoms. The Bertz CT molecular complexity index is 318. The lowest BCUT2D eigenvalue weighted by molar-refractivity contribution is -0.907. The van der Waals surface area contributed by atoms with Crippen LogP contribution in [0.3, 0.4) is 0 Å². The summed E-state index contributed by atoms with van der Waals surface area (Å²) in [5, 5.41) is 9.73. The van der Waals surface area contributed by atoms with E-state index in [1.807, 2.05) is 6.07 Å². The quantitative estimate of drug-likeness (QED) is 0.337. The van der Waals surface area contributed by atoms with Gasteiger partial charge >= 0.3 is 5.15 Å². The molecular weight excluding hydrogens is 204 g/mol. The average Bonchev–Trinajstić information content (AvgIpc) is 2.18. The summed E-state index contributed by atoms with van der Waals surface area (Å²) in [5.41, 5.74) is 6.69. The molecule has 1 heterocycles. The molecule has 0 amide bonds. The van der Waals surface area contributed by atoms with Crippen molar-refractivity contribution < 1.29 is 14.7 Å². The van der Waals surface area contributed by atoms with E-state index in [0.29, 0.717) is 25.5 Å². The minimum atomic E-state index is 0.280. The van der Waals surface area contributed by atoms with Gasteiger partial charge in [0.15, 0.2) is 0 Å². The maximum absolute atomic E-state index is 9.45. The van der Waals surface area contributed by atoms with Crippen molar-refractivity contribution >= 4 is 11.6 Å². The van der Waals surface area contributed by atoms with Crippen LogP contribution in [0.4, 0.5) is 0 Å². The van der Waals surface area contributed by atoms with Crippen LogP contribution in [0.15, 0.2) is 12.1 Å². The molecule has 0 aromatic carbocycles. The van der Waals surface area contributed by atoms with E-state index in [2.05, 4.69) is 0 Å². The Morgan fingerprint density at radius 2 is 2.29 bits per heavy atom. The molecule has 0 fully saturated rings. The number of hydrogen-bond donors (Lipinski definition) is 2. The Balaban J connectivity index is 2.73. The van der Waals surface area contributed by atoms with E-state index in [4.69, 9.17) is 22.1 Å². The fourth-order valence-corrected chi connectivity index (χ4v) is 1.28. The van der Waals surface area contributed by atoms with Crippen molar-refractivity contribution in [2.45, 2.75) is 13.5 Å². The Kier molecular flexibility index (Phi) is 4.13. The van der Waals surface area contributed by atoms with Gasteiger partial charge in [-0.2, -0.15) is 0 Å². The van der Waals surface area contributed by atoms with Gasteiger partial charge < -0.3 is 10.5 Å². The molecule has 14 heavy (non-hydrogen) atoms. The van der Waals surface area contributed by atoms with Crippen molar-refractivity contribution in [3.63, 3.8) is 0 Å². The van der Waals surface area contributed by atoms with Gasteiger partial charge in [-0.25, -0.2) is 0 Å². The number of halogens is 1. The first kappa shape index (κ1) is 11.2. The van der Waals surface area contributed by atoms with E-state index in [-0.39, 0.29) is 5.15 Å². The van der Waals surface area contributed by atoms with Crippen molar-refractivity contribution in [3.8, 4) is 0 Å². The first-order valence-electron chi connectivity index (χ1n) is 4.34. The number of nitrogens with zero attached hydrogens (tertiary/aromatic N) is 1. The fourth-order valence-electron chi connectivity index (χ4n) is 1.02. The van der Waals surface area contributed by atoms with Crippen molar-refractivity contribution in [1.29, 1.82) is 0 Å². The van der Waals surface area contributed by atoms with Crippen LogP contribution < -0.4 is 10.5 Å². The highest BCUT2D eigenvalue weighted by atomic mass is 35.5. The number of rotatable bonds is 4. The second kappa shape index (κ2) is 5.14. The third kappa shape index (κ3) is 2.57. The second-order valence-corrected chi connectivity index (χ2v) is 3.30. The van der Waals surface area contributed by atoms with Gasteiger partial charge in [-0.1, -0.05) is 0 Å². The van der Waals surface area contributed by atoms with Crippen LogP contribution in [0.2, 0.25) is 5.15 Å². The molecule has 0 saturated carbocycles. The summed E-state index contributed by atoms with van der Waals surface area (Å²) in [6, 6.07) is 3.59. The van der Waals surface area contributed by atoms with Gasteiger partial charge in [-0.05, 0) is 17.7 Å². The van der Waals surface area contributed by atoms with Crippen LogP contribution in [0.1, 0.15) is 11.3 Å². The lowest BCUT2D eigenvalue weighted by Crippen LogP contribution is -2.36. The van der Waals surface area contributed by atoms with Gasteiger partial charge in [-0.15, -0.1) is 0 Å². The number of aryl methyl sites for hydroxylation is 1. The highest BCUT2D eigenvalue weighted by Gasteiger charge is 2.16. The molecule has 4 nitrogen and oxygen atoms in total. The number of hydrogen-bond acceptors (Lipinski definition) is 3. The fraction of sp³-hybridized carbons (Fsp3) is 0.444. The number of aromatic nitrogens is 1. The predicted molar refractivity (Wildman–Crippen MR) is 52.3 cm³/mol. The molecule has 0 aliphatic carbocycles. The molecule has 0 radical (unpaired) electrons. The van der Waals surface area contributed by atoms with Crippen molar-refractivity contribution in [2.75, 3.05) is 13.2 Å². The summed E-state index contributed by atoms with van der Waals surface area (Å²) in [6.45, 7) is 3.07. The van der Waals surface area contributed by atoms with Crippen LogP contribution in [0.5, 0.6) is 0 Å². The van der Waals surface area contributed by atoms with Gasteiger partial charge in [0.05, 0.1) is 18.8 Å². The smallest absolute Gasteiger partial charge is 0.330 e. The van der Waals surface area contributed by atoms with E-state index in [1.54, 1.807) is 13.0 Å². The van der Waals surface area contributed by atoms with Crippen LogP contribution in [0.25, 0.3) is 0 Å². The van der Waals surface area contributed by atoms with Gasteiger partial charge in [0.1, 0.15) is 0 Å². The Morgan fingerprint density at radius 3 is 2.93 bits per heavy atom. The molecule has 0 aliphatic heterocycles.